The van der Waals surface area contributed by atoms with Crippen LogP contribution in [0.5, 0.6) is 0 Å². The second kappa shape index (κ2) is 8.35. The molecule has 3 aromatic rings. The van der Waals surface area contributed by atoms with Crippen molar-refractivity contribution in [2.75, 3.05) is 26.2 Å². The Morgan fingerprint density at radius 3 is 2.62 bits per heavy atom. The number of piperazine rings is 1. The van der Waals surface area contributed by atoms with Gasteiger partial charge in [0.25, 0.3) is 5.89 Å². The first-order chi connectivity index (χ1) is 16.2. The lowest BCUT2D eigenvalue weighted by Gasteiger charge is -2.27. The van der Waals surface area contributed by atoms with E-state index in [1.54, 1.807) is 0 Å². The summed E-state index contributed by atoms with van der Waals surface area (Å²) in [6, 6.07) is 4.73. The lowest BCUT2D eigenvalue weighted by atomic mass is 9.95. The highest BCUT2D eigenvalue weighted by molar-refractivity contribution is 6.31. The van der Waals surface area contributed by atoms with Crippen molar-refractivity contribution < 1.29 is 26.9 Å². The summed E-state index contributed by atoms with van der Waals surface area (Å²) in [4.78, 5) is 18.3. The first-order valence-corrected chi connectivity index (χ1v) is 11.0. The number of aromatic nitrogens is 4. The van der Waals surface area contributed by atoms with E-state index < -0.39 is 35.6 Å². The molecule has 180 valence electrons. The van der Waals surface area contributed by atoms with E-state index in [1.807, 2.05) is 0 Å². The zero-order valence-corrected chi connectivity index (χ0v) is 18.5. The fraction of sp³-hybridized carbons (Fsp3) is 0.429. The van der Waals surface area contributed by atoms with Gasteiger partial charge >= 0.3 is 6.18 Å². The third kappa shape index (κ3) is 4.16. The van der Waals surface area contributed by atoms with Crippen LogP contribution in [-0.4, -0.2) is 56.9 Å². The first-order valence-electron chi connectivity index (χ1n) is 10.6. The maximum absolute atomic E-state index is 13.8. The molecule has 0 spiro atoms. The molecule has 5 rings (SSSR count). The molecule has 1 amide bonds. The molecule has 0 atom stereocenters. The van der Waals surface area contributed by atoms with E-state index in [-0.39, 0.29) is 17.4 Å². The summed E-state index contributed by atoms with van der Waals surface area (Å²) in [7, 11) is 0. The van der Waals surface area contributed by atoms with E-state index >= 15 is 0 Å². The number of nitrogens with one attached hydrogen (secondary N) is 1. The number of hydrogen-bond donors (Lipinski definition) is 1. The normalized spacial score (nSPS) is 17.7. The molecule has 8 nitrogen and oxygen atoms in total. The minimum atomic E-state index is -4.75. The Balaban J connectivity index is 1.45. The lowest BCUT2D eigenvalue weighted by molar-refractivity contribution is -0.145. The number of carbonyl (C=O) groups excluding carboxylic acids is 1. The second-order valence-electron chi connectivity index (χ2n) is 8.33. The predicted octanol–water partition coefficient (Wildman–Crippen LogP) is 3.26. The van der Waals surface area contributed by atoms with Crippen LogP contribution in [0.4, 0.5) is 17.6 Å². The van der Waals surface area contributed by atoms with Crippen molar-refractivity contribution in [2.45, 2.75) is 31.0 Å². The van der Waals surface area contributed by atoms with Crippen LogP contribution in [-0.2, 0) is 22.9 Å². The second-order valence-corrected chi connectivity index (χ2v) is 8.74. The zero-order chi connectivity index (χ0) is 24.1. The summed E-state index contributed by atoms with van der Waals surface area (Å²) in [5, 5.41) is 11.3. The van der Waals surface area contributed by atoms with Crippen molar-refractivity contribution in [3.63, 3.8) is 0 Å². The van der Waals surface area contributed by atoms with Gasteiger partial charge in [-0.15, -0.1) is 0 Å². The highest BCUT2D eigenvalue weighted by Crippen LogP contribution is 2.54. The fourth-order valence-electron chi connectivity index (χ4n) is 4.14. The van der Waals surface area contributed by atoms with Crippen molar-refractivity contribution in [3.05, 3.63) is 52.2 Å². The molecule has 13 heteroatoms. The van der Waals surface area contributed by atoms with E-state index in [4.69, 9.17) is 16.1 Å². The maximum atomic E-state index is 13.8. The van der Waals surface area contributed by atoms with Gasteiger partial charge in [0.1, 0.15) is 18.1 Å². The number of amides is 1. The molecule has 3 heterocycles. The molecule has 1 saturated carbocycles. The van der Waals surface area contributed by atoms with Crippen LogP contribution in [0.25, 0.3) is 11.6 Å². The first kappa shape index (κ1) is 22.8. The number of hydrogen-bond acceptors (Lipinski definition) is 6. The molecule has 2 fully saturated rings. The number of rotatable bonds is 5. The molecular formula is C21H19ClF4N6O2. The monoisotopic (exact) mass is 498 g/mol. The zero-order valence-electron chi connectivity index (χ0n) is 17.7. The van der Waals surface area contributed by atoms with Crippen LogP contribution in [0, 0.1) is 5.82 Å². The summed E-state index contributed by atoms with van der Waals surface area (Å²) in [5.74, 6) is -0.981. The Bertz CT molecular complexity index is 1230. The van der Waals surface area contributed by atoms with Crippen molar-refractivity contribution in [3.8, 4) is 11.6 Å². The van der Waals surface area contributed by atoms with Gasteiger partial charge in [-0.25, -0.2) is 4.39 Å². The predicted molar refractivity (Wildman–Crippen MR) is 111 cm³/mol. The van der Waals surface area contributed by atoms with Crippen LogP contribution < -0.4 is 5.32 Å². The van der Waals surface area contributed by atoms with Crippen molar-refractivity contribution in [1.82, 2.24) is 30.1 Å². The van der Waals surface area contributed by atoms with Gasteiger partial charge in [-0.05, 0) is 36.6 Å². The SMILES string of the molecule is O=C(Cn1nc(-c2nc(C3(c4cc(F)ccc4Cl)CC3)no2)cc1C(F)(F)F)N1CCNCC1. The highest BCUT2D eigenvalue weighted by atomic mass is 35.5. The Labute approximate surface area is 195 Å². The van der Waals surface area contributed by atoms with E-state index in [1.165, 1.54) is 23.1 Å². The lowest BCUT2D eigenvalue weighted by Crippen LogP contribution is -2.47. The van der Waals surface area contributed by atoms with E-state index in [9.17, 15) is 22.4 Å². The van der Waals surface area contributed by atoms with Crippen LogP contribution in [0.1, 0.15) is 29.9 Å². The van der Waals surface area contributed by atoms with E-state index in [2.05, 4.69) is 20.6 Å². The van der Waals surface area contributed by atoms with E-state index in [0.29, 0.717) is 54.3 Å². The Morgan fingerprint density at radius 1 is 1.21 bits per heavy atom. The van der Waals surface area contributed by atoms with Gasteiger partial charge in [0.05, 0.1) is 5.41 Å². The Kier molecular flexibility index (Phi) is 5.59. The maximum Gasteiger partial charge on any atom is 0.433 e. The molecule has 1 aliphatic carbocycles. The Hall–Kier alpha value is -2.99. The van der Waals surface area contributed by atoms with Gasteiger partial charge in [0.2, 0.25) is 5.91 Å². The number of halogens is 5. The van der Waals surface area contributed by atoms with Gasteiger partial charge in [-0.2, -0.15) is 23.3 Å². The van der Waals surface area contributed by atoms with Gasteiger partial charge in [0.15, 0.2) is 11.5 Å². The molecular weight excluding hydrogens is 480 g/mol. The van der Waals surface area contributed by atoms with Crippen molar-refractivity contribution in [2.24, 2.45) is 0 Å². The minimum absolute atomic E-state index is 0.190. The number of carbonyl (C=O) groups is 1. The topological polar surface area (TPSA) is 89.1 Å². The van der Waals surface area contributed by atoms with Gasteiger partial charge in [0, 0.05) is 37.3 Å². The standard InChI is InChI=1S/C21H19ClF4N6O2/c22-14-2-1-12(23)9-13(14)20(3-4-20)19-28-18(34-30-19)15-10-16(21(24,25)26)32(29-15)11-17(33)31-7-5-27-6-8-31/h1-2,9-10,27H,3-8,11H2. The summed E-state index contributed by atoms with van der Waals surface area (Å²) in [6.07, 6.45) is -3.59. The average molecular weight is 499 g/mol. The quantitative estimate of drug-likeness (QED) is 0.543. The summed E-state index contributed by atoms with van der Waals surface area (Å²) in [5.41, 5.74) is -1.58. The van der Waals surface area contributed by atoms with Gasteiger partial charge < -0.3 is 14.7 Å². The summed E-state index contributed by atoms with van der Waals surface area (Å²) in [6.45, 7) is 1.39. The molecule has 0 unspecified atom stereocenters. The van der Waals surface area contributed by atoms with Gasteiger partial charge in [-0.3, -0.25) is 9.48 Å². The summed E-state index contributed by atoms with van der Waals surface area (Å²) >= 11 is 6.25. The number of alkyl halides is 3. The molecule has 2 aromatic heterocycles. The van der Waals surface area contributed by atoms with Crippen LogP contribution in [0.3, 0.4) is 0 Å². The smallest absolute Gasteiger partial charge is 0.339 e. The third-order valence-corrected chi connectivity index (χ3v) is 6.42. The van der Waals surface area contributed by atoms with Crippen molar-refractivity contribution in [1.29, 1.82) is 0 Å². The summed E-state index contributed by atoms with van der Waals surface area (Å²) < 4.78 is 60.6. The van der Waals surface area contributed by atoms with Crippen LogP contribution in [0.2, 0.25) is 5.02 Å². The number of nitrogens with zero attached hydrogens (tertiary/aromatic N) is 5. The molecule has 1 aliphatic heterocycles. The molecule has 2 aliphatic rings. The molecule has 1 aromatic carbocycles. The number of benzene rings is 1. The van der Waals surface area contributed by atoms with Crippen LogP contribution >= 0.6 is 11.6 Å². The third-order valence-electron chi connectivity index (χ3n) is 6.09. The largest absolute Gasteiger partial charge is 0.433 e. The molecule has 1 N–H and O–H groups in total. The Morgan fingerprint density at radius 2 is 1.94 bits per heavy atom. The van der Waals surface area contributed by atoms with Crippen molar-refractivity contribution >= 4 is 17.5 Å². The average Bonchev–Trinajstić information content (AvgIpc) is 3.24. The van der Waals surface area contributed by atoms with E-state index in [0.717, 1.165) is 6.07 Å². The van der Waals surface area contributed by atoms with Gasteiger partial charge in [-0.1, -0.05) is 16.8 Å². The molecule has 1 saturated heterocycles. The minimum Gasteiger partial charge on any atom is -0.339 e. The molecule has 0 radical (unpaired) electrons. The molecule has 34 heavy (non-hydrogen) atoms. The molecule has 0 bridgehead atoms. The van der Waals surface area contributed by atoms with Crippen LogP contribution in [0.15, 0.2) is 28.8 Å². The fourth-order valence-corrected chi connectivity index (χ4v) is 4.44. The highest BCUT2D eigenvalue weighted by Gasteiger charge is 2.51.